The Morgan fingerprint density at radius 1 is 0.774 bits per heavy atom. The average molecular weight is 714 g/mol. The molecule has 8 N–H and O–H groups in total. The molecule has 10 heteroatoms. The molecule has 0 aliphatic carbocycles. The second kappa shape index (κ2) is 18.6. The number of fused-ring (bicyclic) bond motifs is 2. The molecule has 2 heterocycles. The van der Waals surface area contributed by atoms with Gasteiger partial charge in [0.15, 0.2) is 0 Å². The largest absolute Gasteiger partial charge is 0.490 e. The van der Waals surface area contributed by atoms with Gasteiger partial charge < -0.3 is 41.3 Å². The Hall–Kier alpha value is -5.86. The first-order chi connectivity index (χ1) is 25.7. The molecule has 274 valence electrons. The van der Waals surface area contributed by atoms with Crippen LogP contribution in [0.15, 0.2) is 103 Å². The summed E-state index contributed by atoms with van der Waals surface area (Å²) >= 11 is 0. The van der Waals surface area contributed by atoms with E-state index in [1.54, 1.807) is 36.4 Å². The fourth-order valence-corrected chi connectivity index (χ4v) is 5.92. The number of aliphatic hydroxyl groups excluding tert-OH is 2. The quantitative estimate of drug-likeness (QED) is 0.0832. The summed E-state index contributed by atoms with van der Waals surface area (Å²) in [6.07, 6.45) is 4.91. The van der Waals surface area contributed by atoms with Gasteiger partial charge in [0.1, 0.15) is 5.75 Å². The highest BCUT2D eigenvalue weighted by atomic mass is 16.5. The number of carbonyl (C=O) groups excluding carboxylic acids is 2. The predicted octanol–water partition coefficient (Wildman–Crippen LogP) is 5.47. The summed E-state index contributed by atoms with van der Waals surface area (Å²) in [5, 5.41) is 26.9. The zero-order valence-corrected chi connectivity index (χ0v) is 30.3. The number of carbonyl (C=O) groups is 2. The smallest absolute Gasteiger partial charge is 0.255 e. The Labute approximate surface area is 309 Å². The molecule has 2 atom stereocenters. The molecule has 53 heavy (non-hydrogen) atoms. The molecule has 0 bridgehead atoms. The van der Waals surface area contributed by atoms with Crippen LogP contribution in [-0.2, 0) is 12.8 Å². The Balaban J connectivity index is 0.000000322. The van der Waals surface area contributed by atoms with E-state index in [1.807, 2.05) is 81.7 Å². The second-order valence-electron chi connectivity index (χ2n) is 13.0. The van der Waals surface area contributed by atoms with Crippen molar-refractivity contribution < 1.29 is 24.5 Å². The van der Waals surface area contributed by atoms with Crippen molar-refractivity contribution in [3.8, 4) is 17.6 Å². The van der Waals surface area contributed by atoms with Crippen molar-refractivity contribution in [3.05, 3.63) is 137 Å². The van der Waals surface area contributed by atoms with Gasteiger partial charge in [-0.2, -0.15) is 0 Å². The highest BCUT2D eigenvalue weighted by molar-refractivity contribution is 5.98. The minimum absolute atomic E-state index is 0.0273. The standard InChI is InChI=1S/C32H33N3O4.C11H14N2O/c1-4-33-31(37)24-9-7-8-22(16-24)12-13-23-14-15-30(39-21(2)3)28(17-23)32(38)35-26(20-36)18-25-19-34-29-11-6-5-10-27(25)29;12-9(7-14)5-8-6-13-11-4-2-1-3-10(8)11/h5-11,14-17,19,21,26,34,36H,4,18,20H2,1-3H3,(H,33,37)(H,35,38);1-4,6,9,13-14H,5,7,12H2/t26-;9-/m11/s1. The van der Waals surface area contributed by atoms with Crippen LogP contribution >= 0.6 is 0 Å². The van der Waals surface area contributed by atoms with E-state index in [0.717, 1.165) is 22.0 Å². The van der Waals surface area contributed by atoms with Crippen molar-refractivity contribution in [2.45, 2.75) is 51.8 Å². The van der Waals surface area contributed by atoms with Crippen molar-refractivity contribution in [3.63, 3.8) is 0 Å². The zero-order valence-electron chi connectivity index (χ0n) is 30.3. The fourth-order valence-electron chi connectivity index (χ4n) is 5.92. The van der Waals surface area contributed by atoms with E-state index < -0.39 is 6.04 Å². The van der Waals surface area contributed by atoms with Crippen LogP contribution in [0.1, 0.15) is 63.7 Å². The molecule has 0 aliphatic rings. The van der Waals surface area contributed by atoms with Crippen molar-refractivity contribution in [2.75, 3.05) is 19.8 Å². The van der Waals surface area contributed by atoms with E-state index in [9.17, 15) is 14.7 Å². The first kappa shape index (κ1) is 38.4. The lowest BCUT2D eigenvalue weighted by molar-refractivity contribution is 0.0909. The maximum atomic E-state index is 13.4. The van der Waals surface area contributed by atoms with Gasteiger partial charge in [-0.15, -0.1) is 0 Å². The van der Waals surface area contributed by atoms with E-state index in [4.69, 9.17) is 15.6 Å². The van der Waals surface area contributed by atoms with Crippen LogP contribution in [0.25, 0.3) is 21.8 Å². The third kappa shape index (κ3) is 10.4. The summed E-state index contributed by atoms with van der Waals surface area (Å²) in [6.45, 7) is 6.01. The fraction of sp³-hybridized carbons (Fsp3) is 0.256. The molecule has 2 aromatic heterocycles. The zero-order chi connectivity index (χ0) is 37.7. The predicted molar refractivity (Wildman–Crippen MR) is 210 cm³/mol. The Kier molecular flexibility index (Phi) is 13.4. The summed E-state index contributed by atoms with van der Waals surface area (Å²) in [6, 6.07) is 27.7. The summed E-state index contributed by atoms with van der Waals surface area (Å²) in [5.74, 6) is 6.10. The summed E-state index contributed by atoms with van der Waals surface area (Å²) in [7, 11) is 0. The number of benzene rings is 4. The highest BCUT2D eigenvalue weighted by Gasteiger charge is 2.20. The first-order valence-electron chi connectivity index (χ1n) is 17.8. The Morgan fingerprint density at radius 2 is 1.40 bits per heavy atom. The van der Waals surface area contributed by atoms with Gasteiger partial charge in [0, 0.05) is 63.5 Å². The van der Waals surface area contributed by atoms with Gasteiger partial charge in [-0.1, -0.05) is 54.3 Å². The van der Waals surface area contributed by atoms with Gasteiger partial charge in [-0.3, -0.25) is 9.59 Å². The average Bonchev–Trinajstić information content (AvgIpc) is 3.78. The molecule has 0 unspecified atom stereocenters. The molecule has 0 fully saturated rings. The molecule has 0 saturated heterocycles. The van der Waals surface area contributed by atoms with Gasteiger partial charge in [-0.25, -0.2) is 0 Å². The number of nitrogens with one attached hydrogen (secondary N) is 4. The lowest BCUT2D eigenvalue weighted by Crippen LogP contribution is -2.39. The first-order valence-corrected chi connectivity index (χ1v) is 17.8. The van der Waals surface area contributed by atoms with Gasteiger partial charge in [0.05, 0.1) is 30.9 Å². The van der Waals surface area contributed by atoms with Crippen LogP contribution in [0.4, 0.5) is 0 Å². The number of hydrogen-bond acceptors (Lipinski definition) is 6. The number of amides is 2. The second-order valence-corrected chi connectivity index (χ2v) is 13.0. The third-order valence-corrected chi connectivity index (χ3v) is 8.49. The van der Waals surface area contributed by atoms with Crippen molar-refractivity contribution in [2.24, 2.45) is 5.73 Å². The molecule has 2 amide bonds. The number of nitrogens with two attached hydrogens (primary N) is 1. The van der Waals surface area contributed by atoms with Gasteiger partial charge in [0.25, 0.3) is 11.8 Å². The van der Waals surface area contributed by atoms with E-state index in [1.165, 1.54) is 10.9 Å². The molecular formula is C43H47N5O5. The number of aromatic amines is 2. The van der Waals surface area contributed by atoms with E-state index in [-0.39, 0.29) is 37.2 Å². The number of hydrogen-bond donors (Lipinski definition) is 7. The van der Waals surface area contributed by atoms with Gasteiger partial charge in [0.2, 0.25) is 0 Å². The topological polar surface area (TPSA) is 165 Å². The van der Waals surface area contributed by atoms with E-state index in [0.29, 0.717) is 47.4 Å². The lowest BCUT2D eigenvalue weighted by Gasteiger charge is -2.19. The highest BCUT2D eigenvalue weighted by Crippen LogP contribution is 2.23. The SMILES string of the molecule is CCNC(=O)c1cccc(C#Cc2ccc(OC(C)C)c(C(=O)N[C@@H](CO)Cc3c[nH]c4ccccc34)c2)c1.N[C@@H](CO)Cc1c[nH]c2ccccc12. The third-order valence-electron chi connectivity index (χ3n) is 8.49. The molecule has 6 aromatic rings. The van der Waals surface area contributed by atoms with Crippen LogP contribution in [0.5, 0.6) is 5.75 Å². The molecular weight excluding hydrogens is 667 g/mol. The minimum Gasteiger partial charge on any atom is -0.490 e. The number of para-hydroxylation sites is 2. The number of aromatic nitrogens is 2. The molecule has 0 radical (unpaired) electrons. The van der Waals surface area contributed by atoms with E-state index >= 15 is 0 Å². The van der Waals surface area contributed by atoms with Crippen LogP contribution in [-0.4, -0.2) is 69.9 Å². The summed E-state index contributed by atoms with van der Waals surface area (Å²) < 4.78 is 5.91. The summed E-state index contributed by atoms with van der Waals surface area (Å²) in [5.41, 5.74) is 12.2. The number of rotatable bonds is 12. The number of ether oxygens (including phenoxy) is 1. The monoisotopic (exact) mass is 713 g/mol. The maximum Gasteiger partial charge on any atom is 0.255 e. The number of H-pyrrole nitrogens is 2. The molecule has 4 aromatic carbocycles. The van der Waals surface area contributed by atoms with Crippen molar-refractivity contribution >= 4 is 33.6 Å². The molecule has 10 nitrogen and oxygen atoms in total. The Bertz CT molecular complexity index is 2210. The Morgan fingerprint density at radius 3 is 2.00 bits per heavy atom. The minimum atomic E-state index is -0.490. The van der Waals surface area contributed by atoms with Gasteiger partial charge >= 0.3 is 0 Å². The van der Waals surface area contributed by atoms with Crippen LogP contribution in [0.2, 0.25) is 0 Å². The molecule has 0 spiro atoms. The molecule has 0 aliphatic heterocycles. The van der Waals surface area contributed by atoms with Crippen molar-refractivity contribution in [1.82, 2.24) is 20.6 Å². The summed E-state index contributed by atoms with van der Waals surface area (Å²) in [4.78, 5) is 32.0. The lowest BCUT2D eigenvalue weighted by atomic mass is 10.0. The van der Waals surface area contributed by atoms with Crippen LogP contribution < -0.4 is 21.1 Å². The maximum absolute atomic E-state index is 13.4. The van der Waals surface area contributed by atoms with E-state index in [2.05, 4.69) is 38.5 Å². The molecule has 6 rings (SSSR count). The van der Waals surface area contributed by atoms with Crippen LogP contribution in [0, 0.1) is 11.8 Å². The number of aliphatic hydroxyl groups is 2. The van der Waals surface area contributed by atoms with Gasteiger partial charge in [-0.05, 0) is 93.3 Å². The molecule has 0 saturated carbocycles. The van der Waals surface area contributed by atoms with Crippen molar-refractivity contribution in [1.29, 1.82) is 0 Å². The normalized spacial score (nSPS) is 12.0. The van der Waals surface area contributed by atoms with Crippen LogP contribution in [0.3, 0.4) is 0 Å².